The monoisotopic (exact) mass is 592 g/mol. The van der Waals surface area contributed by atoms with E-state index in [0.29, 0.717) is 16.7 Å². The van der Waals surface area contributed by atoms with Gasteiger partial charge in [0.25, 0.3) is 0 Å². The fraction of sp³-hybridized carbons (Fsp3) is 0.393. The fourth-order valence-electron chi connectivity index (χ4n) is 4.12. The van der Waals surface area contributed by atoms with Crippen LogP contribution < -0.4 is 4.74 Å². The van der Waals surface area contributed by atoms with Crippen molar-refractivity contribution in [3.8, 4) is 16.9 Å². The Bertz CT molecular complexity index is 1290. The summed E-state index contributed by atoms with van der Waals surface area (Å²) in [6.45, 7) is 4.17. The first-order chi connectivity index (χ1) is 19.4. The quantitative estimate of drug-likeness (QED) is 0.310. The van der Waals surface area contributed by atoms with Gasteiger partial charge < -0.3 is 33.2 Å². The molecule has 0 amide bonds. The maximum absolute atomic E-state index is 12.0. The number of rotatable bonds is 9. The van der Waals surface area contributed by atoms with Crippen LogP contribution in [-0.4, -0.2) is 74.3 Å². The van der Waals surface area contributed by atoms with E-state index in [2.05, 4.69) is 0 Å². The number of benzene rings is 2. The lowest BCUT2D eigenvalue weighted by molar-refractivity contribution is -0.288. The summed E-state index contributed by atoms with van der Waals surface area (Å²) < 4.78 is 37.9. The lowest BCUT2D eigenvalue weighted by Crippen LogP contribution is -2.63. The van der Waals surface area contributed by atoms with Crippen LogP contribution in [0.2, 0.25) is 5.02 Å². The molecule has 2 aromatic rings. The Balaban J connectivity index is 1.94. The number of carbonyl (C=O) groups excluding carboxylic acids is 5. The predicted molar refractivity (Wildman–Crippen MR) is 141 cm³/mol. The molecule has 5 atom stereocenters. The van der Waals surface area contributed by atoms with E-state index in [-0.39, 0.29) is 17.4 Å². The normalized spacial score (nSPS) is 21.7. The zero-order chi connectivity index (χ0) is 30.3. The molecule has 0 spiro atoms. The highest BCUT2D eigenvalue weighted by Crippen LogP contribution is 2.35. The molecule has 1 heterocycles. The van der Waals surface area contributed by atoms with E-state index < -0.39 is 60.6 Å². The Hall–Kier alpha value is -4.16. The molecule has 1 fully saturated rings. The second-order valence-electron chi connectivity index (χ2n) is 8.90. The van der Waals surface area contributed by atoms with E-state index in [1.807, 2.05) is 0 Å². The van der Waals surface area contributed by atoms with E-state index >= 15 is 0 Å². The van der Waals surface area contributed by atoms with Gasteiger partial charge >= 0.3 is 29.8 Å². The van der Waals surface area contributed by atoms with Gasteiger partial charge in [0.05, 0.1) is 17.7 Å². The van der Waals surface area contributed by atoms with Crippen molar-refractivity contribution in [3.63, 3.8) is 0 Å². The van der Waals surface area contributed by atoms with Crippen LogP contribution in [0.15, 0.2) is 42.5 Å². The van der Waals surface area contributed by atoms with Crippen molar-refractivity contribution in [2.45, 2.75) is 58.4 Å². The summed E-state index contributed by atoms with van der Waals surface area (Å²) in [4.78, 5) is 59.1. The Morgan fingerprint density at radius 3 is 1.90 bits per heavy atom. The highest BCUT2D eigenvalue weighted by Gasteiger charge is 2.53. The Labute approximate surface area is 240 Å². The Morgan fingerprint density at radius 2 is 1.37 bits per heavy atom. The van der Waals surface area contributed by atoms with Crippen LogP contribution in [0.5, 0.6) is 5.75 Å². The molecule has 0 bridgehead atoms. The second-order valence-corrected chi connectivity index (χ2v) is 9.30. The number of methoxy groups -OCH3 is 1. The van der Waals surface area contributed by atoms with Crippen LogP contribution in [0.3, 0.4) is 0 Å². The highest BCUT2D eigenvalue weighted by atomic mass is 35.5. The number of hydrogen-bond donors (Lipinski definition) is 0. The van der Waals surface area contributed by atoms with Crippen LogP contribution in [0.25, 0.3) is 11.1 Å². The maximum Gasteiger partial charge on any atom is 0.337 e. The SMILES string of the molecule is COC(=O)c1ccc(-c2ccc(O[C@@H]3O[C@H](COC(C)=O)[C@@H](OC(C)=O)[C@H](OC(C)=O)[C@@H]3OC(C)=O)cc2Cl)cc1. The molecular formula is C28H29ClO12. The van der Waals surface area contributed by atoms with E-state index in [1.165, 1.54) is 20.1 Å². The van der Waals surface area contributed by atoms with Gasteiger partial charge in [-0.2, -0.15) is 0 Å². The van der Waals surface area contributed by atoms with Crippen molar-refractivity contribution < 1.29 is 57.1 Å². The van der Waals surface area contributed by atoms with Gasteiger partial charge in [0, 0.05) is 33.3 Å². The van der Waals surface area contributed by atoms with Gasteiger partial charge in [-0.25, -0.2) is 4.79 Å². The van der Waals surface area contributed by atoms with Crippen LogP contribution in [0.1, 0.15) is 38.1 Å². The van der Waals surface area contributed by atoms with Crippen molar-refractivity contribution in [2.24, 2.45) is 0 Å². The summed E-state index contributed by atoms with van der Waals surface area (Å²) in [5.74, 6) is -3.19. The molecule has 12 nitrogen and oxygen atoms in total. The summed E-state index contributed by atoms with van der Waals surface area (Å²) in [6.07, 6.45) is -6.64. The van der Waals surface area contributed by atoms with Crippen LogP contribution >= 0.6 is 11.6 Å². The molecule has 0 aliphatic carbocycles. The molecule has 3 rings (SSSR count). The number of halogens is 1. The van der Waals surface area contributed by atoms with Crippen LogP contribution in [-0.2, 0) is 47.6 Å². The van der Waals surface area contributed by atoms with Crippen molar-refractivity contribution in [1.82, 2.24) is 0 Å². The number of hydrogen-bond acceptors (Lipinski definition) is 12. The average molecular weight is 593 g/mol. The van der Waals surface area contributed by atoms with Crippen molar-refractivity contribution in [2.75, 3.05) is 13.7 Å². The van der Waals surface area contributed by atoms with Gasteiger partial charge in [0.2, 0.25) is 12.4 Å². The predicted octanol–water partition coefficient (Wildman–Crippen LogP) is 3.26. The van der Waals surface area contributed by atoms with Crippen molar-refractivity contribution in [1.29, 1.82) is 0 Å². The minimum Gasteiger partial charge on any atom is -0.465 e. The second kappa shape index (κ2) is 14.0. The van der Waals surface area contributed by atoms with Gasteiger partial charge in [-0.05, 0) is 35.9 Å². The lowest BCUT2D eigenvalue weighted by Gasteiger charge is -2.43. The fourth-order valence-corrected chi connectivity index (χ4v) is 4.40. The maximum atomic E-state index is 12.0. The van der Waals surface area contributed by atoms with Crippen LogP contribution in [0.4, 0.5) is 0 Å². The molecule has 41 heavy (non-hydrogen) atoms. The van der Waals surface area contributed by atoms with E-state index in [0.717, 1.165) is 20.8 Å². The van der Waals surface area contributed by atoms with Gasteiger partial charge in [0.1, 0.15) is 18.5 Å². The zero-order valence-electron chi connectivity index (χ0n) is 22.9. The van der Waals surface area contributed by atoms with Gasteiger partial charge in [0.15, 0.2) is 12.2 Å². The molecule has 0 unspecified atom stereocenters. The number of ether oxygens (including phenoxy) is 7. The number of carbonyl (C=O) groups is 5. The standard InChI is InChI=1S/C28H29ClO12/c1-14(30)36-13-23-24(37-15(2)31)25(38-16(3)32)26(39-17(4)33)28(41-23)40-20-10-11-21(22(29)12-20)18-6-8-19(9-7-18)27(34)35-5/h6-12,23-26,28H,13H2,1-5H3/t23-,24-,25+,26+,28-/m1/s1. The molecule has 13 heteroatoms. The summed E-state index contributed by atoms with van der Waals surface area (Å²) in [5.41, 5.74) is 1.70. The van der Waals surface area contributed by atoms with Crippen molar-refractivity contribution in [3.05, 3.63) is 53.1 Å². The van der Waals surface area contributed by atoms with Crippen LogP contribution in [0, 0.1) is 0 Å². The van der Waals surface area contributed by atoms with Gasteiger partial charge in [-0.15, -0.1) is 0 Å². The third-order valence-corrected chi connectivity index (χ3v) is 6.07. The van der Waals surface area contributed by atoms with Gasteiger partial charge in [-0.3, -0.25) is 19.2 Å². The highest BCUT2D eigenvalue weighted by molar-refractivity contribution is 6.33. The molecule has 0 N–H and O–H groups in total. The molecule has 220 valence electrons. The first kappa shape index (κ1) is 31.4. The third-order valence-electron chi connectivity index (χ3n) is 5.76. The largest absolute Gasteiger partial charge is 0.465 e. The summed E-state index contributed by atoms with van der Waals surface area (Å²) in [6, 6.07) is 11.3. The minimum atomic E-state index is -1.41. The van der Waals surface area contributed by atoms with E-state index in [1.54, 1.807) is 36.4 Å². The Morgan fingerprint density at radius 1 is 0.780 bits per heavy atom. The summed E-state index contributed by atoms with van der Waals surface area (Å²) in [5, 5.41) is 0.277. The third kappa shape index (κ3) is 8.41. The smallest absolute Gasteiger partial charge is 0.337 e. The van der Waals surface area contributed by atoms with Crippen molar-refractivity contribution >= 4 is 41.4 Å². The average Bonchev–Trinajstić information content (AvgIpc) is 2.90. The molecule has 0 radical (unpaired) electrons. The molecular weight excluding hydrogens is 564 g/mol. The summed E-state index contributed by atoms with van der Waals surface area (Å²) >= 11 is 6.54. The number of esters is 5. The molecule has 2 aromatic carbocycles. The first-order valence-corrected chi connectivity index (χ1v) is 12.7. The topological polar surface area (TPSA) is 150 Å². The zero-order valence-corrected chi connectivity index (χ0v) is 23.7. The summed E-state index contributed by atoms with van der Waals surface area (Å²) in [7, 11) is 1.29. The van der Waals surface area contributed by atoms with E-state index in [4.69, 9.17) is 44.8 Å². The first-order valence-electron chi connectivity index (χ1n) is 12.3. The molecule has 1 aliphatic heterocycles. The van der Waals surface area contributed by atoms with Gasteiger partial charge in [-0.1, -0.05) is 23.7 Å². The molecule has 0 aromatic heterocycles. The molecule has 0 saturated carbocycles. The Kier molecular flexibility index (Phi) is 10.7. The van der Waals surface area contributed by atoms with E-state index in [9.17, 15) is 24.0 Å². The molecule has 1 aliphatic rings. The lowest BCUT2D eigenvalue weighted by atomic mass is 9.98. The molecule has 1 saturated heterocycles. The minimum absolute atomic E-state index is 0.186.